The molecule has 0 fully saturated rings. The summed E-state index contributed by atoms with van der Waals surface area (Å²) in [4.78, 5) is 11.6. The second-order valence-corrected chi connectivity index (χ2v) is 6.11. The van der Waals surface area contributed by atoms with Crippen LogP contribution in [0.25, 0.3) is 5.69 Å². The van der Waals surface area contributed by atoms with E-state index in [1.54, 1.807) is 24.3 Å². The summed E-state index contributed by atoms with van der Waals surface area (Å²) >= 11 is 5.88. The smallest absolute Gasteiger partial charge is 0.343 e. The lowest BCUT2D eigenvalue weighted by molar-refractivity contribution is 0.0690. The molecular weight excluding hydrogens is 292 g/mol. The van der Waals surface area contributed by atoms with E-state index in [0.29, 0.717) is 16.4 Å². The van der Waals surface area contributed by atoms with E-state index in [-0.39, 0.29) is 11.4 Å². The van der Waals surface area contributed by atoms with Gasteiger partial charge in [-0.15, -0.1) is 0 Å². The summed E-state index contributed by atoms with van der Waals surface area (Å²) in [5.74, 6) is -0.855. The van der Waals surface area contributed by atoms with E-state index in [9.17, 15) is 9.90 Å². The Labute approximate surface area is 128 Å². The molecule has 21 heavy (non-hydrogen) atoms. The number of methoxy groups -OCH3 is 1. The van der Waals surface area contributed by atoms with Crippen LogP contribution in [0.5, 0.6) is 5.88 Å². The lowest BCUT2D eigenvalue weighted by atomic mass is 9.89. The van der Waals surface area contributed by atoms with Crippen molar-refractivity contribution in [2.45, 2.75) is 26.2 Å². The van der Waals surface area contributed by atoms with Gasteiger partial charge in [0.05, 0.1) is 18.5 Å². The van der Waals surface area contributed by atoms with Crippen LogP contribution in [0, 0.1) is 0 Å². The first kappa shape index (κ1) is 15.4. The third kappa shape index (κ3) is 2.88. The second kappa shape index (κ2) is 5.41. The summed E-state index contributed by atoms with van der Waals surface area (Å²) in [6.45, 7) is 5.73. The maximum atomic E-state index is 11.6. The highest BCUT2D eigenvalue weighted by Crippen LogP contribution is 2.33. The van der Waals surface area contributed by atoms with Crippen molar-refractivity contribution in [2.75, 3.05) is 7.11 Å². The molecule has 1 aromatic heterocycles. The van der Waals surface area contributed by atoms with Gasteiger partial charge in [0.2, 0.25) is 5.88 Å². The van der Waals surface area contributed by atoms with Crippen LogP contribution in [-0.2, 0) is 5.41 Å². The van der Waals surface area contributed by atoms with Crippen LogP contribution in [-0.4, -0.2) is 28.0 Å². The molecule has 112 valence electrons. The third-order valence-corrected chi connectivity index (χ3v) is 3.28. The van der Waals surface area contributed by atoms with Crippen molar-refractivity contribution in [3.05, 3.63) is 40.5 Å². The molecule has 5 nitrogen and oxygen atoms in total. The van der Waals surface area contributed by atoms with Crippen LogP contribution in [0.15, 0.2) is 24.3 Å². The fourth-order valence-electron chi connectivity index (χ4n) is 2.07. The number of benzene rings is 1. The molecular formula is C15H17ClN2O3. The van der Waals surface area contributed by atoms with E-state index in [0.717, 1.165) is 0 Å². The van der Waals surface area contributed by atoms with Gasteiger partial charge in [-0.25, -0.2) is 9.48 Å². The topological polar surface area (TPSA) is 64.3 Å². The van der Waals surface area contributed by atoms with Gasteiger partial charge in [0.15, 0.2) is 0 Å². The number of ether oxygens (including phenoxy) is 1. The van der Waals surface area contributed by atoms with Gasteiger partial charge in [-0.05, 0) is 24.3 Å². The average Bonchev–Trinajstić information content (AvgIpc) is 2.79. The first-order valence-electron chi connectivity index (χ1n) is 6.42. The van der Waals surface area contributed by atoms with Crippen LogP contribution in [0.3, 0.4) is 0 Å². The highest BCUT2D eigenvalue weighted by molar-refractivity contribution is 6.30. The molecule has 0 atom stereocenters. The van der Waals surface area contributed by atoms with Crippen molar-refractivity contribution in [3.63, 3.8) is 0 Å². The van der Waals surface area contributed by atoms with Gasteiger partial charge in [0.25, 0.3) is 0 Å². The molecule has 0 radical (unpaired) electrons. The largest absolute Gasteiger partial charge is 0.480 e. The monoisotopic (exact) mass is 308 g/mol. The number of nitrogens with zero attached hydrogens (tertiary/aromatic N) is 2. The lowest BCUT2D eigenvalue weighted by Gasteiger charge is -2.15. The van der Waals surface area contributed by atoms with E-state index in [1.165, 1.54) is 11.8 Å². The van der Waals surface area contributed by atoms with Gasteiger partial charge in [-0.3, -0.25) is 0 Å². The highest BCUT2D eigenvalue weighted by atomic mass is 35.5. The zero-order chi connectivity index (χ0) is 15.8. The van der Waals surface area contributed by atoms with E-state index in [1.807, 2.05) is 20.8 Å². The Hall–Kier alpha value is -2.01. The number of rotatable bonds is 3. The predicted octanol–water partition coefficient (Wildman–Crippen LogP) is 3.53. The van der Waals surface area contributed by atoms with Gasteiger partial charge in [-0.2, -0.15) is 5.10 Å². The Morgan fingerprint density at radius 3 is 2.29 bits per heavy atom. The first-order valence-corrected chi connectivity index (χ1v) is 6.80. The molecule has 6 heteroatoms. The van der Waals surface area contributed by atoms with Gasteiger partial charge in [-0.1, -0.05) is 32.4 Å². The molecule has 0 saturated carbocycles. The zero-order valence-electron chi connectivity index (χ0n) is 12.3. The molecule has 0 aliphatic rings. The van der Waals surface area contributed by atoms with E-state index < -0.39 is 11.4 Å². The van der Waals surface area contributed by atoms with E-state index in [2.05, 4.69) is 5.10 Å². The predicted molar refractivity (Wildman–Crippen MR) is 80.8 cm³/mol. The standard InChI is InChI=1S/C15H17ClN2O3/c1-15(2,3)12-11(14(19)20)13(21-4)18(17-12)10-7-5-9(16)6-8-10/h5-8H,1-4H3,(H,19,20). The van der Waals surface area contributed by atoms with Crippen molar-refractivity contribution in [3.8, 4) is 11.6 Å². The van der Waals surface area contributed by atoms with E-state index >= 15 is 0 Å². The maximum Gasteiger partial charge on any atom is 0.343 e. The van der Waals surface area contributed by atoms with Crippen molar-refractivity contribution in [1.82, 2.24) is 9.78 Å². The minimum absolute atomic E-state index is 0.0833. The van der Waals surface area contributed by atoms with Crippen LogP contribution < -0.4 is 4.74 Å². The molecule has 1 N–H and O–H groups in total. The van der Waals surface area contributed by atoms with Crippen LogP contribution in [0.4, 0.5) is 0 Å². The van der Waals surface area contributed by atoms with Gasteiger partial charge < -0.3 is 9.84 Å². The molecule has 0 bridgehead atoms. The number of hydrogen-bond acceptors (Lipinski definition) is 3. The Balaban J connectivity index is 2.72. The number of aromatic nitrogens is 2. The quantitative estimate of drug-likeness (QED) is 0.942. The molecule has 2 aromatic rings. The summed E-state index contributed by atoms with van der Waals surface area (Å²) in [5, 5.41) is 14.5. The second-order valence-electron chi connectivity index (χ2n) is 5.68. The summed E-state index contributed by atoms with van der Waals surface area (Å²) in [6.07, 6.45) is 0. The zero-order valence-corrected chi connectivity index (χ0v) is 13.1. The number of carboxylic acid groups (broad SMARTS) is 1. The van der Waals surface area contributed by atoms with Crippen molar-refractivity contribution in [2.24, 2.45) is 0 Å². The average molecular weight is 309 g/mol. The molecule has 0 aliphatic carbocycles. The van der Waals surface area contributed by atoms with Gasteiger partial charge in [0.1, 0.15) is 5.56 Å². The third-order valence-electron chi connectivity index (χ3n) is 3.03. The summed E-state index contributed by atoms with van der Waals surface area (Å²) in [6, 6.07) is 6.95. The SMILES string of the molecule is COc1c(C(=O)O)c(C(C)(C)C)nn1-c1ccc(Cl)cc1. The van der Waals surface area contributed by atoms with Gasteiger partial charge in [0, 0.05) is 10.4 Å². The molecule has 0 aliphatic heterocycles. The Kier molecular flexibility index (Phi) is 3.96. The summed E-state index contributed by atoms with van der Waals surface area (Å²) < 4.78 is 6.77. The Morgan fingerprint density at radius 1 is 1.29 bits per heavy atom. The van der Waals surface area contributed by atoms with Crippen LogP contribution in [0.2, 0.25) is 5.02 Å². The molecule has 1 heterocycles. The first-order chi connectivity index (χ1) is 9.75. The molecule has 2 rings (SSSR count). The van der Waals surface area contributed by atoms with Crippen molar-refractivity contribution in [1.29, 1.82) is 0 Å². The number of carbonyl (C=O) groups is 1. The minimum atomic E-state index is -1.06. The fraction of sp³-hybridized carbons (Fsp3) is 0.333. The fourth-order valence-corrected chi connectivity index (χ4v) is 2.19. The Morgan fingerprint density at radius 2 is 1.86 bits per heavy atom. The molecule has 1 aromatic carbocycles. The summed E-state index contributed by atoms with van der Waals surface area (Å²) in [7, 11) is 1.43. The van der Waals surface area contributed by atoms with Crippen LogP contribution in [0.1, 0.15) is 36.8 Å². The van der Waals surface area contributed by atoms with Crippen molar-refractivity contribution >= 4 is 17.6 Å². The molecule has 0 saturated heterocycles. The van der Waals surface area contributed by atoms with E-state index in [4.69, 9.17) is 16.3 Å². The van der Waals surface area contributed by atoms with Crippen molar-refractivity contribution < 1.29 is 14.6 Å². The number of hydrogen-bond donors (Lipinski definition) is 1. The number of carboxylic acids is 1. The maximum absolute atomic E-state index is 11.6. The number of aromatic carboxylic acids is 1. The Bertz CT molecular complexity index is 669. The molecule has 0 unspecified atom stereocenters. The highest BCUT2D eigenvalue weighted by Gasteiger charge is 2.31. The normalized spacial score (nSPS) is 11.5. The lowest BCUT2D eigenvalue weighted by Crippen LogP contribution is -2.16. The van der Waals surface area contributed by atoms with Crippen LogP contribution >= 0.6 is 11.6 Å². The number of halogens is 1. The summed E-state index contributed by atoms with van der Waals surface area (Å²) in [5.41, 5.74) is 0.828. The molecule has 0 spiro atoms. The van der Waals surface area contributed by atoms with Gasteiger partial charge >= 0.3 is 5.97 Å². The molecule has 0 amide bonds. The minimum Gasteiger partial charge on any atom is -0.480 e.